The maximum atomic E-state index is 12.3. The van der Waals surface area contributed by atoms with Gasteiger partial charge in [0.1, 0.15) is 6.04 Å². The number of esters is 1. The summed E-state index contributed by atoms with van der Waals surface area (Å²) in [5.41, 5.74) is 3.20. The normalized spacial score (nSPS) is 14.4. The Balaban J connectivity index is 2.05. The maximum Gasteiger partial charge on any atom is 0.328 e. The summed E-state index contributed by atoms with van der Waals surface area (Å²) in [7, 11) is 1.34. The zero-order valence-electron chi connectivity index (χ0n) is 12.5. The number of nitrogens with one attached hydrogen (secondary N) is 1. The number of aryl methyl sites for hydroxylation is 2. The number of carbonyl (C=O) groups is 2. The number of fused-ring (bicyclic) bond motifs is 1. The minimum Gasteiger partial charge on any atom is -0.467 e. The van der Waals surface area contributed by atoms with Gasteiger partial charge in [0.05, 0.1) is 7.11 Å². The second-order valence-electron chi connectivity index (χ2n) is 5.17. The van der Waals surface area contributed by atoms with E-state index in [1.54, 1.807) is 11.8 Å². The molecule has 0 fully saturated rings. The monoisotopic (exact) mass is 307 g/mol. The van der Waals surface area contributed by atoms with E-state index >= 15 is 0 Å². The van der Waals surface area contributed by atoms with Crippen LogP contribution in [0.4, 0.5) is 0 Å². The minimum atomic E-state index is -0.580. The lowest BCUT2D eigenvalue weighted by molar-refractivity contribution is -0.142. The Kier molecular flexibility index (Phi) is 5.67. The SMILES string of the molecule is COC(=O)[C@H](CCSC)NC(=O)c1ccc2c(c1)CCC2. The summed E-state index contributed by atoms with van der Waals surface area (Å²) in [6.45, 7) is 0. The van der Waals surface area contributed by atoms with Gasteiger partial charge in [-0.2, -0.15) is 11.8 Å². The van der Waals surface area contributed by atoms with E-state index in [0.717, 1.165) is 25.0 Å². The molecule has 0 unspecified atom stereocenters. The molecule has 21 heavy (non-hydrogen) atoms. The van der Waals surface area contributed by atoms with Crippen molar-refractivity contribution in [3.8, 4) is 0 Å². The van der Waals surface area contributed by atoms with Crippen molar-refractivity contribution >= 4 is 23.6 Å². The number of methoxy groups -OCH3 is 1. The Morgan fingerprint density at radius 1 is 1.33 bits per heavy atom. The average molecular weight is 307 g/mol. The van der Waals surface area contributed by atoms with Crippen LogP contribution in [0.2, 0.25) is 0 Å². The summed E-state index contributed by atoms with van der Waals surface area (Å²) in [5.74, 6) is 0.198. The second-order valence-corrected chi connectivity index (χ2v) is 6.15. The predicted molar refractivity (Wildman–Crippen MR) is 84.7 cm³/mol. The topological polar surface area (TPSA) is 55.4 Å². The van der Waals surface area contributed by atoms with Crippen molar-refractivity contribution in [3.05, 3.63) is 34.9 Å². The molecule has 0 aliphatic heterocycles. The summed E-state index contributed by atoms with van der Waals surface area (Å²) in [5, 5.41) is 2.78. The van der Waals surface area contributed by atoms with E-state index in [9.17, 15) is 9.59 Å². The van der Waals surface area contributed by atoms with Crippen molar-refractivity contribution < 1.29 is 14.3 Å². The molecular weight excluding hydrogens is 286 g/mol. The van der Waals surface area contributed by atoms with Crippen molar-refractivity contribution in [1.29, 1.82) is 0 Å². The van der Waals surface area contributed by atoms with Crippen LogP contribution in [0.5, 0.6) is 0 Å². The number of amides is 1. The van der Waals surface area contributed by atoms with Gasteiger partial charge in [-0.3, -0.25) is 4.79 Å². The molecule has 5 heteroatoms. The predicted octanol–water partition coefficient (Wildman–Crippen LogP) is 2.20. The third kappa shape index (κ3) is 4.00. The van der Waals surface area contributed by atoms with E-state index < -0.39 is 12.0 Å². The number of rotatable bonds is 6. The second kappa shape index (κ2) is 7.50. The Bertz CT molecular complexity index is 530. The van der Waals surface area contributed by atoms with Gasteiger partial charge < -0.3 is 10.1 Å². The minimum absolute atomic E-state index is 0.207. The van der Waals surface area contributed by atoms with E-state index in [0.29, 0.717) is 12.0 Å². The number of hydrogen-bond acceptors (Lipinski definition) is 4. The van der Waals surface area contributed by atoms with E-state index in [1.807, 2.05) is 24.5 Å². The molecule has 0 spiro atoms. The van der Waals surface area contributed by atoms with Crippen LogP contribution in [0, 0.1) is 0 Å². The first-order valence-electron chi connectivity index (χ1n) is 7.15. The molecule has 0 bridgehead atoms. The van der Waals surface area contributed by atoms with E-state index in [-0.39, 0.29) is 5.91 Å². The molecule has 1 amide bonds. The van der Waals surface area contributed by atoms with Gasteiger partial charge in [-0.05, 0) is 61.0 Å². The van der Waals surface area contributed by atoms with Crippen LogP contribution in [-0.4, -0.2) is 37.0 Å². The highest BCUT2D eigenvalue weighted by Crippen LogP contribution is 2.22. The number of thioether (sulfide) groups is 1. The van der Waals surface area contributed by atoms with Crippen molar-refractivity contribution in [2.75, 3.05) is 19.1 Å². The Morgan fingerprint density at radius 2 is 2.10 bits per heavy atom. The van der Waals surface area contributed by atoms with Crippen LogP contribution < -0.4 is 5.32 Å². The van der Waals surface area contributed by atoms with Crippen LogP contribution in [0.3, 0.4) is 0 Å². The Hall–Kier alpha value is -1.49. The largest absolute Gasteiger partial charge is 0.467 e. The number of ether oxygens (including phenoxy) is 1. The molecule has 4 nitrogen and oxygen atoms in total. The fourth-order valence-corrected chi connectivity index (χ4v) is 3.05. The van der Waals surface area contributed by atoms with Gasteiger partial charge in [-0.1, -0.05) is 6.07 Å². The molecule has 0 radical (unpaired) electrons. The fraction of sp³-hybridized carbons (Fsp3) is 0.500. The lowest BCUT2D eigenvalue weighted by Crippen LogP contribution is -2.42. The molecule has 114 valence electrons. The molecule has 1 N–H and O–H groups in total. The summed E-state index contributed by atoms with van der Waals surface area (Å²) in [4.78, 5) is 24.0. The van der Waals surface area contributed by atoms with Gasteiger partial charge in [-0.25, -0.2) is 4.79 Å². The summed E-state index contributed by atoms with van der Waals surface area (Å²) < 4.78 is 4.76. The molecular formula is C16H21NO3S. The fourth-order valence-electron chi connectivity index (χ4n) is 2.58. The van der Waals surface area contributed by atoms with Gasteiger partial charge in [0.15, 0.2) is 0 Å². The zero-order chi connectivity index (χ0) is 15.2. The number of carbonyl (C=O) groups excluding carboxylic acids is 2. The van der Waals surface area contributed by atoms with E-state index in [2.05, 4.69) is 5.32 Å². The Morgan fingerprint density at radius 3 is 2.81 bits per heavy atom. The molecule has 2 rings (SSSR count). The molecule has 0 heterocycles. The smallest absolute Gasteiger partial charge is 0.328 e. The first kappa shape index (κ1) is 15.9. The Labute approximate surface area is 129 Å². The summed E-state index contributed by atoms with van der Waals surface area (Å²) in [6.07, 6.45) is 5.82. The third-order valence-corrected chi connectivity index (χ3v) is 4.41. The van der Waals surface area contributed by atoms with Crippen LogP contribution in [0.25, 0.3) is 0 Å². The quantitative estimate of drug-likeness (QED) is 0.819. The standard InChI is InChI=1S/C16H21NO3S/c1-20-16(19)14(8-9-21-2)17-15(18)13-7-6-11-4-3-5-12(11)10-13/h6-7,10,14H,3-5,8-9H2,1-2H3,(H,17,18)/t14-/m0/s1. The van der Waals surface area contributed by atoms with Gasteiger partial charge >= 0.3 is 5.97 Å². The highest BCUT2D eigenvalue weighted by molar-refractivity contribution is 7.98. The molecule has 1 aromatic carbocycles. The lowest BCUT2D eigenvalue weighted by Gasteiger charge is -2.16. The molecule has 1 aromatic rings. The van der Waals surface area contributed by atoms with E-state index in [1.165, 1.54) is 18.2 Å². The van der Waals surface area contributed by atoms with Crippen molar-refractivity contribution in [2.24, 2.45) is 0 Å². The van der Waals surface area contributed by atoms with Gasteiger partial charge in [-0.15, -0.1) is 0 Å². The first-order valence-corrected chi connectivity index (χ1v) is 8.54. The number of benzene rings is 1. The molecule has 1 aliphatic carbocycles. The van der Waals surface area contributed by atoms with Gasteiger partial charge in [0, 0.05) is 5.56 Å². The first-order chi connectivity index (χ1) is 10.2. The molecule has 1 atom stereocenters. The van der Waals surface area contributed by atoms with Crippen LogP contribution >= 0.6 is 11.8 Å². The van der Waals surface area contributed by atoms with Crippen LogP contribution in [0.1, 0.15) is 34.3 Å². The summed E-state index contributed by atoms with van der Waals surface area (Å²) >= 11 is 1.64. The maximum absolute atomic E-state index is 12.3. The van der Waals surface area contributed by atoms with E-state index in [4.69, 9.17) is 4.74 Å². The molecule has 0 aromatic heterocycles. The van der Waals surface area contributed by atoms with Crippen LogP contribution in [0.15, 0.2) is 18.2 Å². The van der Waals surface area contributed by atoms with Gasteiger partial charge in [0.25, 0.3) is 5.91 Å². The van der Waals surface area contributed by atoms with Crippen molar-refractivity contribution in [3.63, 3.8) is 0 Å². The average Bonchev–Trinajstić information content (AvgIpc) is 2.97. The van der Waals surface area contributed by atoms with Crippen molar-refractivity contribution in [2.45, 2.75) is 31.7 Å². The van der Waals surface area contributed by atoms with Crippen LogP contribution in [-0.2, 0) is 22.4 Å². The molecule has 0 saturated heterocycles. The number of hydrogen-bond donors (Lipinski definition) is 1. The van der Waals surface area contributed by atoms with Crippen molar-refractivity contribution in [1.82, 2.24) is 5.32 Å². The highest BCUT2D eigenvalue weighted by Gasteiger charge is 2.22. The lowest BCUT2D eigenvalue weighted by atomic mass is 10.1. The molecule has 0 saturated carbocycles. The highest BCUT2D eigenvalue weighted by atomic mass is 32.2. The zero-order valence-corrected chi connectivity index (χ0v) is 13.3. The third-order valence-electron chi connectivity index (χ3n) is 3.76. The molecule has 1 aliphatic rings. The summed E-state index contributed by atoms with van der Waals surface area (Å²) in [6, 6.07) is 5.22. The van der Waals surface area contributed by atoms with Gasteiger partial charge in [0.2, 0.25) is 0 Å².